The first-order valence-electron chi connectivity index (χ1n) is 8.48. The molecular weight excluding hydrogens is 311 g/mol. The van der Waals surface area contributed by atoms with E-state index in [0.717, 1.165) is 19.0 Å². The lowest BCUT2D eigenvalue weighted by atomic mass is 9.93. The molecule has 0 bridgehead atoms. The number of hydrogen-bond acceptors (Lipinski definition) is 4. The molecule has 2 rings (SSSR count). The SMILES string of the molecule is CC1CCC(CCOc2ccc(F)cn2)N(C(=O)OC(C)(C)C)C1. The van der Waals surface area contributed by atoms with Crippen molar-refractivity contribution in [3.63, 3.8) is 0 Å². The Kier molecular flexibility index (Phi) is 6.02. The van der Waals surface area contributed by atoms with Gasteiger partial charge in [-0.1, -0.05) is 6.92 Å². The molecule has 24 heavy (non-hydrogen) atoms. The van der Waals surface area contributed by atoms with Crippen LogP contribution in [0.25, 0.3) is 0 Å². The van der Waals surface area contributed by atoms with Crippen molar-refractivity contribution in [1.82, 2.24) is 9.88 Å². The zero-order chi connectivity index (χ0) is 17.7. The topological polar surface area (TPSA) is 51.7 Å². The summed E-state index contributed by atoms with van der Waals surface area (Å²) in [5, 5.41) is 0. The van der Waals surface area contributed by atoms with Gasteiger partial charge in [-0.3, -0.25) is 0 Å². The van der Waals surface area contributed by atoms with Gasteiger partial charge in [-0.25, -0.2) is 14.2 Å². The Morgan fingerprint density at radius 1 is 1.38 bits per heavy atom. The minimum Gasteiger partial charge on any atom is -0.478 e. The van der Waals surface area contributed by atoms with Gasteiger partial charge >= 0.3 is 6.09 Å². The first kappa shape index (κ1) is 18.5. The van der Waals surface area contributed by atoms with Crippen LogP contribution in [0.2, 0.25) is 0 Å². The molecule has 1 amide bonds. The monoisotopic (exact) mass is 338 g/mol. The van der Waals surface area contributed by atoms with E-state index in [9.17, 15) is 9.18 Å². The molecule has 1 aliphatic rings. The highest BCUT2D eigenvalue weighted by molar-refractivity contribution is 5.68. The van der Waals surface area contributed by atoms with Crippen LogP contribution in [-0.2, 0) is 4.74 Å². The van der Waals surface area contributed by atoms with E-state index in [1.54, 1.807) is 0 Å². The standard InChI is InChI=1S/C18H27FN2O3/c1-13-5-7-15(21(12-13)17(22)24-18(2,3)4)9-10-23-16-8-6-14(19)11-20-16/h6,8,11,13,15H,5,7,9-10,12H2,1-4H3. The Bertz CT molecular complexity index is 542. The van der Waals surface area contributed by atoms with E-state index in [1.165, 1.54) is 12.1 Å². The van der Waals surface area contributed by atoms with Crippen molar-refractivity contribution in [2.45, 2.75) is 58.6 Å². The molecule has 0 N–H and O–H groups in total. The van der Waals surface area contributed by atoms with E-state index >= 15 is 0 Å². The fraction of sp³-hybridized carbons (Fsp3) is 0.667. The largest absolute Gasteiger partial charge is 0.478 e. The van der Waals surface area contributed by atoms with Crippen LogP contribution in [0.3, 0.4) is 0 Å². The van der Waals surface area contributed by atoms with E-state index in [-0.39, 0.29) is 18.0 Å². The molecule has 1 aliphatic heterocycles. The first-order chi connectivity index (χ1) is 11.2. The van der Waals surface area contributed by atoms with Gasteiger partial charge in [0.15, 0.2) is 0 Å². The van der Waals surface area contributed by atoms with E-state index < -0.39 is 5.60 Å². The number of halogens is 1. The number of piperidine rings is 1. The Labute approximate surface area is 143 Å². The van der Waals surface area contributed by atoms with Crippen molar-refractivity contribution in [2.24, 2.45) is 5.92 Å². The lowest BCUT2D eigenvalue weighted by Crippen LogP contribution is -2.48. The molecule has 0 saturated carbocycles. The fourth-order valence-electron chi connectivity index (χ4n) is 2.80. The lowest BCUT2D eigenvalue weighted by Gasteiger charge is -2.39. The molecule has 6 heteroatoms. The maximum Gasteiger partial charge on any atom is 0.410 e. The maximum absolute atomic E-state index is 12.8. The van der Waals surface area contributed by atoms with Gasteiger partial charge in [-0.05, 0) is 45.6 Å². The second-order valence-corrected chi connectivity index (χ2v) is 7.42. The number of ether oxygens (including phenoxy) is 2. The Morgan fingerprint density at radius 3 is 2.75 bits per heavy atom. The smallest absolute Gasteiger partial charge is 0.410 e. The molecule has 1 aromatic heterocycles. The molecule has 134 valence electrons. The molecule has 2 unspecified atom stereocenters. The van der Waals surface area contributed by atoms with Crippen LogP contribution in [0, 0.1) is 11.7 Å². The highest BCUT2D eigenvalue weighted by Gasteiger charge is 2.32. The summed E-state index contributed by atoms with van der Waals surface area (Å²) in [5.74, 6) is 0.470. The van der Waals surface area contributed by atoms with Gasteiger partial charge < -0.3 is 14.4 Å². The Hall–Kier alpha value is -1.85. The lowest BCUT2D eigenvalue weighted by molar-refractivity contribution is 0.00129. The number of aromatic nitrogens is 1. The van der Waals surface area contributed by atoms with Crippen LogP contribution in [0.1, 0.15) is 47.0 Å². The minimum atomic E-state index is -0.503. The van der Waals surface area contributed by atoms with E-state index in [0.29, 0.717) is 31.4 Å². The molecule has 0 aliphatic carbocycles. The van der Waals surface area contributed by atoms with Crippen LogP contribution in [-0.4, -0.2) is 40.8 Å². The van der Waals surface area contributed by atoms with Gasteiger partial charge in [0, 0.05) is 25.1 Å². The third-order valence-corrected chi connectivity index (χ3v) is 3.97. The summed E-state index contributed by atoms with van der Waals surface area (Å²) in [6, 6.07) is 2.91. The number of carbonyl (C=O) groups excluding carboxylic acids is 1. The summed E-state index contributed by atoms with van der Waals surface area (Å²) in [5.41, 5.74) is -0.503. The molecule has 2 atom stereocenters. The van der Waals surface area contributed by atoms with E-state index in [4.69, 9.17) is 9.47 Å². The van der Waals surface area contributed by atoms with Crippen molar-refractivity contribution in [3.05, 3.63) is 24.1 Å². The predicted octanol–water partition coefficient (Wildman–Crippen LogP) is 4.03. The number of likely N-dealkylation sites (tertiary alicyclic amines) is 1. The molecular formula is C18H27FN2O3. The molecule has 2 heterocycles. The third kappa shape index (κ3) is 5.65. The van der Waals surface area contributed by atoms with Crippen LogP contribution in [0.15, 0.2) is 18.3 Å². The molecule has 1 fully saturated rings. The molecule has 0 radical (unpaired) electrons. The van der Waals surface area contributed by atoms with E-state index in [2.05, 4.69) is 11.9 Å². The Morgan fingerprint density at radius 2 is 2.12 bits per heavy atom. The van der Waals surface area contributed by atoms with Crippen LogP contribution in [0.4, 0.5) is 9.18 Å². The number of amides is 1. The minimum absolute atomic E-state index is 0.0940. The normalized spacial score (nSPS) is 21.5. The van der Waals surface area contributed by atoms with Crippen LogP contribution < -0.4 is 4.74 Å². The predicted molar refractivity (Wildman–Crippen MR) is 89.4 cm³/mol. The van der Waals surface area contributed by atoms with Gasteiger partial charge in [0.1, 0.15) is 11.4 Å². The number of carbonyl (C=O) groups is 1. The van der Waals surface area contributed by atoms with Gasteiger partial charge in [0.25, 0.3) is 0 Å². The van der Waals surface area contributed by atoms with Crippen molar-refractivity contribution >= 4 is 6.09 Å². The second kappa shape index (κ2) is 7.81. The molecule has 1 saturated heterocycles. The number of pyridine rings is 1. The fourth-order valence-corrected chi connectivity index (χ4v) is 2.80. The average molecular weight is 338 g/mol. The van der Waals surface area contributed by atoms with Crippen molar-refractivity contribution in [3.8, 4) is 5.88 Å². The summed E-state index contributed by atoms with van der Waals surface area (Å²) < 4.78 is 23.9. The first-order valence-corrected chi connectivity index (χ1v) is 8.48. The van der Waals surface area contributed by atoms with Crippen molar-refractivity contribution < 1.29 is 18.7 Å². The summed E-state index contributed by atoms with van der Waals surface area (Å²) in [7, 11) is 0. The van der Waals surface area contributed by atoms with Gasteiger partial charge in [-0.2, -0.15) is 0 Å². The second-order valence-electron chi connectivity index (χ2n) is 7.42. The zero-order valence-electron chi connectivity index (χ0n) is 14.9. The third-order valence-electron chi connectivity index (χ3n) is 3.97. The summed E-state index contributed by atoms with van der Waals surface area (Å²) in [6.45, 7) is 8.89. The highest BCUT2D eigenvalue weighted by Crippen LogP contribution is 2.26. The van der Waals surface area contributed by atoms with Crippen LogP contribution in [0.5, 0.6) is 5.88 Å². The van der Waals surface area contributed by atoms with Crippen molar-refractivity contribution in [2.75, 3.05) is 13.2 Å². The summed E-state index contributed by atoms with van der Waals surface area (Å²) in [6.07, 6.45) is 3.58. The molecule has 0 spiro atoms. The highest BCUT2D eigenvalue weighted by atomic mass is 19.1. The summed E-state index contributed by atoms with van der Waals surface area (Å²) >= 11 is 0. The number of hydrogen-bond donors (Lipinski definition) is 0. The van der Waals surface area contributed by atoms with E-state index in [1.807, 2.05) is 25.7 Å². The van der Waals surface area contributed by atoms with Crippen LogP contribution >= 0.6 is 0 Å². The molecule has 0 aromatic carbocycles. The molecule has 1 aromatic rings. The maximum atomic E-state index is 12.8. The van der Waals surface area contributed by atoms with Gasteiger partial charge in [0.05, 0.1) is 12.8 Å². The Balaban J connectivity index is 1.90. The summed E-state index contributed by atoms with van der Waals surface area (Å²) in [4.78, 5) is 18.1. The van der Waals surface area contributed by atoms with Crippen molar-refractivity contribution in [1.29, 1.82) is 0 Å². The number of nitrogens with zero attached hydrogens (tertiary/aromatic N) is 2. The molecule has 5 nitrogen and oxygen atoms in total. The van der Waals surface area contributed by atoms with Gasteiger partial charge in [-0.15, -0.1) is 0 Å². The zero-order valence-corrected chi connectivity index (χ0v) is 14.9. The quantitative estimate of drug-likeness (QED) is 0.832. The number of rotatable bonds is 4. The van der Waals surface area contributed by atoms with Gasteiger partial charge in [0.2, 0.25) is 5.88 Å². The average Bonchev–Trinajstić information content (AvgIpc) is 2.49.